The monoisotopic (exact) mass is 322 g/mol. The fraction of sp³-hybridized carbons (Fsp3) is 0.300. The zero-order valence-electron chi connectivity index (χ0n) is 13.4. The van der Waals surface area contributed by atoms with Crippen molar-refractivity contribution in [2.24, 2.45) is 5.41 Å². The highest BCUT2D eigenvalue weighted by Crippen LogP contribution is 2.55. The molecule has 0 aromatic heterocycles. The number of aliphatic hydroxyl groups is 1. The molecule has 24 heavy (non-hydrogen) atoms. The van der Waals surface area contributed by atoms with Gasteiger partial charge in [-0.2, -0.15) is 0 Å². The summed E-state index contributed by atoms with van der Waals surface area (Å²) in [5.41, 5.74) is 0.116. The van der Waals surface area contributed by atoms with Gasteiger partial charge < -0.3 is 19.3 Å². The number of aliphatic hydroxyl groups excluding tert-OH is 1. The molecule has 1 aliphatic carbocycles. The van der Waals surface area contributed by atoms with Crippen molar-refractivity contribution in [3.8, 4) is 5.75 Å². The van der Waals surface area contributed by atoms with Crippen molar-refractivity contribution >= 4 is 10.8 Å². The number of allylic oxidation sites excluding steroid dienone is 1. The molecule has 0 saturated carbocycles. The maximum Gasteiger partial charge on any atom is 0.157 e. The van der Waals surface area contributed by atoms with E-state index in [1.54, 1.807) is 0 Å². The Balaban J connectivity index is 1.75. The standard InChI is InChI=1S/C20H18O4/c1-20-16(9-8-15-19(20)23-11-10-22-15)24-14-7-6-12-4-2-3-5-13(12)17(14)18(20)21/h2-9,16,18,21H,10-11H2,1H3. The second-order valence-electron chi connectivity index (χ2n) is 6.67. The van der Waals surface area contributed by atoms with Crippen molar-refractivity contribution in [2.45, 2.75) is 19.1 Å². The summed E-state index contributed by atoms with van der Waals surface area (Å²) in [5.74, 6) is 2.12. The number of fused-ring (bicyclic) bond motifs is 5. The smallest absolute Gasteiger partial charge is 0.157 e. The molecule has 2 heterocycles. The molecule has 3 aliphatic rings. The third-order valence-electron chi connectivity index (χ3n) is 5.34. The highest BCUT2D eigenvalue weighted by atomic mass is 16.6. The van der Waals surface area contributed by atoms with Crippen molar-refractivity contribution < 1.29 is 19.3 Å². The SMILES string of the molecule is CC12C3=C(C=CC1Oc1ccc4ccccc4c1C2O)OCCO3. The molecule has 0 spiro atoms. The first kappa shape index (κ1) is 13.9. The minimum Gasteiger partial charge on any atom is -0.490 e. The molecular formula is C20H18O4. The largest absolute Gasteiger partial charge is 0.490 e. The molecule has 5 rings (SSSR count). The van der Waals surface area contributed by atoms with E-state index in [4.69, 9.17) is 14.2 Å². The average Bonchev–Trinajstić information content (AvgIpc) is 2.63. The number of ether oxygens (including phenoxy) is 3. The van der Waals surface area contributed by atoms with Crippen LogP contribution in [-0.2, 0) is 9.47 Å². The number of hydrogen-bond acceptors (Lipinski definition) is 4. The van der Waals surface area contributed by atoms with Crippen LogP contribution in [0.15, 0.2) is 60.1 Å². The zero-order valence-corrected chi connectivity index (χ0v) is 13.4. The molecule has 0 fully saturated rings. The summed E-state index contributed by atoms with van der Waals surface area (Å²) in [7, 11) is 0. The Hall–Kier alpha value is -2.46. The average molecular weight is 322 g/mol. The third-order valence-corrected chi connectivity index (χ3v) is 5.34. The molecule has 3 atom stereocenters. The molecular weight excluding hydrogens is 304 g/mol. The molecule has 0 bridgehead atoms. The molecule has 2 aromatic carbocycles. The molecule has 0 saturated heterocycles. The van der Waals surface area contributed by atoms with Crippen LogP contribution in [0.5, 0.6) is 5.75 Å². The second kappa shape index (κ2) is 4.77. The Morgan fingerprint density at radius 1 is 1.08 bits per heavy atom. The molecule has 4 nitrogen and oxygen atoms in total. The van der Waals surface area contributed by atoms with Crippen molar-refractivity contribution in [1.29, 1.82) is 0 Å². The number of rotatable bonds is 0. The Morgan fingerprint density at radius 3 is 2.83 bits per heavy atom. The minimum absolute atomic E-state index is 0.290. The van der Waals surface area contributed by atoms with Gasteiger partial charge in [0.2, 0.25) is 0 Å². The van der Waals surface area contributed by atoms with E-state index in [1.165, 1.54) is 0 Å². The summed E-state index contributed by atoms with van der Waals surface area (Å²) in [6.45, 7) is 3.01. The van der Waals surface area contributed by atoms with Crippen molar-refractivity contribution in [3.05, 3.63) is 65.6 Å². The van der Waals surface area contributed by atoms with Crippen LogP contribution in [0.25, 0.3) is 10.8 Å². The van der Waals surface area contributed by atoms with E-state index in [-0.39, 0.29) is 6.10 Å². The fourth-order valence-corrected chi connectivity index (χ4v) is 4.02. The van der Waals surface area contributed by atoms with Crippen LogP contribution >= 0.6 is 0 Å². The van der Waals surface area contributed by atoms with Gasteiger partial charge in [0.1, 0.15) is 25.1 Å². The molecule has 122 valence electrons. The van der Waals surface area contributed by atoms with Gasteiger partial charge in [-0.25, -0.2) is 0 Å². The maximum absolute atomic E-state index is 11.4. The van der Waals surface area contributed by atoms with Gasteiger partial charge in [-0.05, 0) is 35.9 Å². The summed E-state index contributed by atoms with van der Waals surface area (Å²) < 4.78 is 17.9. The lowest BCUT2D eigenvalue weighted by atomic mass is 9.69. The number of benzene rings is 2. The maximum atomic E-state index is 11.4. The van der Waals surface area contributed by atoms with E-state index >= 15 is 0 Å². The van der Waals surface area contributed by atoms with E-state index in [2.05, 4.69) is 0 Å². The highest BCUT2D eigenvalue weighted by molar-refractivity contribution is 5.88. The van der Waals surface area contributed by atoms with Crippen LogP contribution in [0.1, 0.15) is 18.6 Å². The predicted octanol–water partition coefficient (Wildman–Crippen LogP) is 3.47. The lowest BCUT2D eigenvalue weighted by Gasteiger charge is -2.48. The molecule has 3 unspecified atom stereocenters. The molecule has 4 heteroatoms. The van der Waals surface area contributed by atoms with Crippen molar-refractivity contribution in [2.75, 3.05) is 13.2 Å². The lowest BCUT2D eigenvalue weighted by Crippen LogP contribution is -2.49. The summed E-state index contributed by atoms with van der Waals surface area (Å²) in [6.07, 6.45) is 2.81. The van der Waals surface area contributed by atoms with Gasteiger partial charge in [-0.3, -0.25) is 0 Å². The molecule has 0 radical (unpaired) electrons. The normalized spacial score (nSPS) is 30.6. The Labute approximate surface area is 140 Å². The Morgan fingerprint density at radius 2 is 1.92 bits per heavy atom. The van der Waals surface area contributed by atoms with Gasteiger partial charge in [-0.1, -0.05) is 30.3 Å². The van der Waals surface area contributed by atoms with Crippen LogP contribution in [0.2, 0.25) is 0 Å². The second-order valence-corrected chi connectivity index (χ2v) is 6.67. The van der Waals surface area contributed by atoms with Gasteiger partial charge in [0.05, 0.1) is 11.5 Å². The van der Waals surface area contributed by atoms with Crippen LogP contribution in [-0.4, -0.2) is 24.4 Å². The van der Waals surface area contributed by atoms with Crippen molar-refractivity contribution in [3.63, 3.8) is 0 Å². The summed E-state index contributed by atoms with van der Waals surface area (Å²) in [4.78, 5) is 0. The third kappa shape index (κ3) is 1.66. The first-order valence-electron chi connectivity index (χ1n) is 8.24. The lowest BCUT2D eigenvalue weighted by molar-refractivity contribution is -0.0816. The van der Waals surface area contributed by atoms with E-state index in [9.17, 15) is 5.11 Å². The van der Waals surface area contributed by atoms with Gasteiger partial charge >= 0.3 is 0 Å². The summed E-state index contributed by atoms with van der Waals surface area (Å²) in [6, 6.07) is 12.0. The zero-order chi connectivity index (χ0) is 16.3. The van der Waals surface area contributed by atoms with Crippen LogP contribution in [0.3, 0.4) is 0 Å². The van der Waals surface area contributed by atoms with Gasteiger partial charge in [0.15, 0.2) is 11.5 Å². The van der Waals surface area contributed by atoms with Crippen LogP contribution < -0.4 is 4.74 Å². The Bertz CT molecular complexity index is 898. The van der Waals surface area contributed by atoms with Gasteiger partial charge in [0.25, 0.3) is 0 Å². The number of hydrogen-bond donors (Lipinski definition) is 1. The predicted molar refractivity (Wildman–Crippen MR) is 89.5 cm³/mol. The van der Waals surface area contributed by atoms with E-state index < -0.39 is 11.5 Å². The van der Waals surface area contributed by atoms with Crippen LogP contribution in [0.4, 0.5) is 0 Å². The summed E-state index contributed by atoms with van der Waals surface area (Å²) in [5, 5.41) is 13.5. The molecule has 2 aliphatic heterocycles. The molecule has 0 amide bonds. The topological polar surface area (TPSA) is 47.9 Å². The first-order valence-corrected chi connectivity index (χ1v) is 8.24. The van der Waals surface area contributed by atoms with E-state index in [0.29, 0.717) is 24.7 Å². The van der Waals surface area contributed by atoms with Crippen molar-refractivity contribution in [1.82, 2.24) is 0 Å². The van der Waals surface area contributed by atoms with Crippen LogP contribution in [0, 0.1) is 5.41 Å². The fourth-order valence-electron chi connectivity index (χ4n) is 4.02. The summed E-state index contributed by atoms with van der Waals surface area (Å²) >= 11 is 0. The quantitative estimate of drug-likeness (QED) is 0.807. The van der Waals surface area contributed by atoms with Gasteiger partial charge in [-0.15, -0.1) is 0 Å². The van der Waals surface area contributed by atoms with E-state index in [0.717, 1.165) is 22.1 Å². The minimum atomic E-state index is -0.742. The molecule has 2 aromatic rings. The first-order chi connectivity index (χ1) is 11.7. The molecule has 1 N–H and O–H groups in total. The van der Waals surface area contributed by atoms with E-state index in [1.807, 2.05) is 55.5 Å². The van der Waals surface area contributed by atoms with Gasteiger partial charge in [0, 0.05) is 5.56 Å². The highest BCUT2D eigenvalue weighted by Gasteiger charge is 2.54. The Kier molecular flexibility index (Phi) is 2.77.